The maximum absolute atomic E-state index is 3.65. The van der Waals surface area contributed by atoms with Crippen molar-refractivity contribution in [3.05, 3.63) is 68.8 Å². The van der Waals surface area contributed by atoms with Gasteiger partial charge in [-0.3, -0.25) is 0 Å². The molecule has 0 fully saturated rings. The van der Waals surface area contributed by atoms with Gasteiger partial charge in [-0.25, -0.2) is 0 Å². The monoisotopic (exact) mass is 365 g/mol. The molecular formula is C17H20IN. The van der Waals surface area contributed by atoms with E-state index in [1.54, 1.807) is 0 Å². The van der Waals surface area contributed by atoms with Crippen LogP contribution in [0.1, 0.15) is 36.1 Å². The number of aryl methyl sites for hydroxylation is 1. The molecule has 1 N–H and O–H groups in total. The lowest BCUT2D eigenvalue weighted by atomic mass is 9.97. The van der Waals surface area contributed by atoms with E-state index in [0.717, 1.165) is 13.0 Å². The molecule has 0 aliphatic rings. The van der Waals surface area contributed by atoms with Crippen LogP contribution in [0.2, 0.25) is 0 Å². The number of nitrogens with one attached hydrogen (secondary N) is 1. The lowest BCUT2D eigenvalue weighted by molar-refractivity contribution is 0.598. The van der Waals surface area contributed by atoms with Gasteiger partial charge in [0.25, 0.3) is 0 Å². The maximum atomic E-state index is 3.65. The van der Waals surface area contributed by atoms with Crippen LogP contribution >= 0.6 is 22.6 Å². The zero-order chi connectivity index (χ0) is 13.7. The van der Waals surface area contributed by atoms with Gasteiger partial charge in [0.15, 0.2) is 0 Å². The second-order valence-corrected chi connectivity index (χ2v) is 6.10. The molecule has 2 aromatic carbocycles. The molecule has 0 aliphatic heterocycles. The van der Waals surface area contributed by atoms with Crippen LogP contribution in [0.5, 0.6) is 0 Å². The van der Waals surface area contributed by atoms with E-state index in [0.29, 0.717) is 0 Å². The number of hydrogen-bond acceptors (Lipinski definition) is 1. The lowest BCUT2D eigenvalue weighted by Gasteiger charge is -2.20. The van der Waals surface area contributed by atoms with Crippen molar-refractivity contribution in [1.29, 1.82) is 0 Å². The zero-order valence-corrected chi connectivity index (χ0v) is 13.6. The van der Waals surface area contributed by atoms with E-state index in [1.807, 2.05) is 0 Å². The van der Waals surface area contributed by atoms with Crippen LogP contribution in [0.3, 0.4) is 0 Å². The number of benzene rings is 2. The summed E-state index contributed by atoms with van der Waals surface area (Å²) in [6, 6.07) is 17.8. The minimum Gasteiger partial charge on any atom is -0.306 e. The van der Waals surface area contributed by atoms with Crippen molar-refractivity contribution in [2.24, 2.45) is 0 Å². The molecule has 19 heavy (non-hydrogen) atoms. The summed E-state index contributed by atoms with van der Waals surface area (Å²) < 4.78 is 1.28. The van der Waals surface area contributed by atoms with Gasteiger partial charge in [0.1, 0.15) is 0 Å². The topological polar surface area (TPSA) is 12.0 Å². The van der Waals surface area contributed by atoms with Crippen molar-refractivity contribution >= 4 is 22.6 Å². The molecule has 0 spiro atoms. The summed E-state index contributed by atoms with van der Waals surface area (Å²) in [5.74, 6) is 0. The van der Waals surface area contributed by atoms with Gasteiger partial charge in [-0.15, -0.1) is 0 Å². The molecular weight excluding hydrogens is 345 g/mol. The minimum absolute atomic E-state index is 0.289. The van der Waals surface area contributed by atoms with Crippen molar-refractivity contribution in [2.45, 2.75) is 26.3 Å². The van der Waals surface area contributed by atoms with Gasteiger partial charge in [0, 0.05) is 3.57 Å². The van der Waals surface area contributed by atoms with Gasteiger partial charge in [-0.1, -0.05) is 48.9 Å². The zero-order valence-electron chi connectivity index (χ0n) is 11.5. The molecule has 2 heteroatoms. The average molecular weight is 365 g/mol. The van der Waals surface area contributed by atoms with Crippen LogP contribution < -0.4 is 5.32 Å². The molecule has 1 nitrogen and oxygen atoms in total. The van der Waals surface area contributed by atoms with Crippen LogP contribution in [-0.2, 0) is 0 Å². The quantitative estimate of drug-likeness (QED) is 0.759. The Morgan fingerprint density at radius 3 is 2.42 bits per heavy atom. The van der Waals surface area contributed by atoms with Gasteiger partial charge in [0.05, 0.1) is 6.04 Å². The number of halogens is 1. The van der Waals surface area contributed by atoms with Gasteiger partial charge < -0.3 is 5.32 Å². The van der Waals surface area contributed by atoms with Crippen LogP contribution in [0.4, 0.5) is 0 Å². The fraction of sp³-hybridized carbons (Fsp3) is 0.294. The first-order valence-electron chi connectivity index (χ1n) is 6.76. The molecule has 0 bridgehead atoms. The first kappa shape index (κ1) is 14.5. The fourth-order valence-electron chi connectivity index (χ4n) is 2.22. The Hall–Kier alpha value is -0.870. The molecule has 2 aromatic rings. The lowest BCUT2D eigenvalue weighted by Crippen LogP contribution is -2.23. The second-order valence-electron chi connectivity index (χ2n) is 4.85. The molecule has 2 rings (SSSR count). The van der Waals surface area contributed by atoms with Crippen molar-refractivity contribution < 1.29 is 0 Å². The van der Waals surface area contributed by atoms with Gasteiger partial charge in [-0.2, -0.15) is 0 Å². The standard InChI is InChI=1S/C17H20IN/c1-3-11-19-17(14-7-9-16(18)10-8-14)15-6-4-5-13(2)12-15/h4-10,12,17,19H,3,11H2,1-2H3. The van der Waals surface area contributed by atoms with Crippen molar-refractivity contribution in [3.63, 3.8) is 0 Å². The van der Waals surface area contributed by atoms with E-state index >= 15 is 0 Å². The summed E-state index contributed by atoms with van der Waals surface area (Å²) in [7, 11) is 0. The molecule has 0 radical (unpaired) electrons. The van der Waals surface area contributed by atoms with E-state index in [2.05, 4.69) is 90.3 Å². The van der Waals surface area contributed by atoms with E-state index in [-0.39, 0.29) is 6.04 Å². The van der Waals surface area contributed by atoms with Crippen molar-refractivity contribution in [3.8, 4) is 0 Å². The third-order valence-electron chi connectivity index (χ3n) is 3.18. The summed E-state index contributed by atoms with van der Waals surface area (Å²) in [4.78, 5) is 0. The summed E-state index contributed by atoms with van der Waals surface area (Å²) >= 11 is 2.35. The molecule has 0 aromatic heterocycles. The average Bonchev–Trinajstić information content (AvgIpc) is 2.41. The highest BCUT2D eigenvalue weighted by Gasteiger charge is 2.12. The third kappa shape index (κ3) is 4.05. The predicted octanol–water partition coefficient (Wildman–Crippen LogP) is 4.69. The van der Waals surface area contributed by atoms with E-state index < -0.39 is 0 Å². The Bertz CT molecular complexity index is 519. The molecule has 100 valence electrons. The molecule has 1 unspecified atom stereocenters. The van der Waals surface area contributed by atoms with Crippen molar-refractivity contribution in [1.82, 2.24) is 5.32 Å². The summed E-state index contributed by atoms with van der Waals surface area (Å²) in [5, 5.41) is 3.65. The van der Waals surface area contributed by atoms with Gasteiger partial charge >= 0.3 is 0 Å². The van der Waals surface area contributed by atoms with Crippen LogP contribution in [0.25, 0.3) is 0 Å². The molecule has 1 atom stereocenters. The highest BCUT2D eigenvalue weighted by Crippen LogP contribution is 2.23. The molecule has 0 amide bonds. The van der Waals surface area contributed by atoms with E-state index in [9.17, 15) is 0 Å². The largest absolute Gasteiger partial charge is 0.306 e. The van der Waals surface area contributed by atoms with Gasteiger partial charge in [0.2, 0.25) is 0 Å². The minimum atomic E-state index is 0.289. The van der Waals surface area contributed by atoms with Crippen molar-refractivity contribution in [2.75, 3.05) is 6.54 Å². The molecule has 0 saturated heterocycles. The second kappa shape index (κ2) is 7.06. The number of hydrogen-bond donors (Lipinski definition) is 1. The SMILES string of the molecule is CCCNC(c1ccc(I)cc1)c1cccc(C)c1. The summed E-state index contributed by atoms with van der Waals surface area (Å²) in [6.07, 6.45) is 1.15. The maximum Gasteiger partial charge on any atom is 0.0576 e. The fourth-order valence-corrected chi connectivity index (χ4v) is 2.58. The predicted molar refractivity (Wildman–Crippen MR) is 90.5 cm³/mol. The molecule has 0 heterocycles. The normalized spacial score (nSPS) is 12.4. The first-order valence-corrected chi connectivity index (χ1v) is 7.84. The molecule has 0 saturated carbocycles. The first-order chi connectivity index (χ1) is 9.20. The Labute approximate surface area is 129 Å². The van der Waals surface area contributed by atoms with E-state index in [1.165, 1.54) is 20.3 Å². The Morgan fingerprint density at radius 1 is 1.05 bits per heavy atom. The highest BCUT2D eigenvalue weighted by molar-refractivity contribution is 14.1. The number of rotatable bonds is 5. The third-order valence-corrected chi connectivity index (χ3v) is 3.90. The Balaban J connectivity index is 2.32. The Kier molecular flexibility index (Phi) is 5.40. The van der Waals surface area contributed by atoms with Crippen LogP contribution in [-0.4, -0.2) is 6.54 Å². The smallest absolute Gasteiger partial charge is 0.0576 e. The highest BCUT2D eigenvalue weighted by atomic mass is 127. The molecule has 0 aliphatic carbocycles. The van der Waals surface area contributed by atoms with E-state index in [4.69, 9.17) is 0 Å². The van der Waals surface area contributed by atoms with Gasteiger partial charge in [-0.05, 0) is 65.7 Å². The van der Waals surface area contributed by atoms with Crippen LogP contribution in [0.15, 0.2) is 48.5 Å². The summed E-state index contributed by atoms with van der Waals surface area (Å²) in [6.45, 7) is 5.38. The summed E-state index contributed by atoms with van der Waals surface area (Å²) in [5.41, 5.74) is 3.99. The Morgan fingerprint density at radius 2 is 1.79 bits per heavy atom. The van der Waals surface area contributed by atoms with Crippen LogP contribution in [0, 0.1) is 10.5 Å².